The number of anilines is 3. The van der Waals surface area contributed by atoms with E-state index in [4.69, 9.17) is 21.1 Å². The van der Waals surface area contributed by atoms with Crippen LogP contribution in [0.5, 0.6) is 11.5 Å². The molecule has 0 fully saturated rings. The Morgan fingerprint density at radius 3 is 2.50 bits per heavy atom. The summed E-state index contributed by atoms with van der Waals surface area (Å²) < 4.78 is 10.6. The van der Waals surface area contributed by atoms with Gasteiger partial charge in [0.05, 0.1) is 14.2 Å². The first kappa shape index (κ1) is 19.8. The van der Waals surface area contributed by atoms with Crippen molar-refractivity contribution in [1.29, 1.82) is 0 Å². The number of methoxy groups -OCH3 is 2. The normalized spacial score (nSPS) is 10.4. The number of hydrogen-bond donors (Lipinski definition) is 2. The van der Waals surface area contributed by atoms with E-state index in [1.165, 1.54) is 6.33 Å². The van der Waals surface area contributed by atoms with Crippen molar-refractivity contribution in [3.63, 3.8) is 0 Å². The molecule has 3 rings (SSSR count). The van der Waals surface area contributed by atoms with Gasteiger partial charge in [0, 0.05) is 23.3 Å². The fourth-order valence-electron chi connectivity index (χ4n) is 2.76. The van der Waals surface area contributed by atoms with E-state index in [0.717, 1.165) is 47.1 Å². The van der Waals surface area contributed by atoms with Crippen molar-refractivity contribution in [3.05, 3.63) is 64.9 Å². The van der Waals surface area contributed by atoms with Crippen molar-refractivity contribution < 1.29 is 9.47 Å². The number of aromatic nitrogens is 2. The van der Waals surface area contributed by atoms with Crippen LogP contribution in [0, 0.1) is 6.92 Å². The zero-order valence-electron chi connectivity index (χ0n) is 16.1. The van der Waals surface area contributed by atoms with Gasteiger partial charge in [-0.05, 0) is 48.7 Å². The van der Waals surface area contributed by atoms with E-state index in [1.807, 2.05) is 49.4 Å². The SMILES string of the molecule is COc1ccc(CCNc2cc(Nc3cc(Cl)ccc3C)ncn2)cc1OC. The average molecular weight is 399 g/mol. The van der Waals surface area contributed by atoms with Crippen LogP contribution in [-0.2, 0) is 6.42 Å². The van der Waals surface area contributed by atoms with Gasteiger partial charge < -0.3 is 20.1 Å². The molecule has 1 heterocycles. The van der Waals surface area contributed by atoms with Gasteiger partial charge in [0.25, 0.3) is 0 Å². The van der Waals surface area contributed by atoms with Gasteiger partial charge >= 0.3 is 0 Å². The molecule has 7 heteroatoms. The summed E-state index contributed by atoms with van der Waals surface area (Å²) in [6.07, 6.45) is 2.35. The summed E-state index contributed by atoms with van der Waals surface area (Å²) in [5, 5.41) is 7.28. The van der Waals surface area contributed by atoms with Crippen LogP contribution in [-0.4, -0.2) is 30.7 Å². The fraction of sp³-hybridized carbons (Fsp3) is 0.238. The Kier molecular flexibility index (Phi) is 6.55. The maximum atomic E-state index is 6.08. The van der Waals surface area contributed by atoms with Gasteiger partial charge in [-0.25, -0.2) is 9.97 Å². The summed E-state index contributed by atoms with van der Waals surface area (Å²) >= 11 is 6.08. The molecular formula is C21H23ClN4O2. The van der Waals surface area contributed by atoms with Gasteiger partial charge in [0.15, 0.2) is 11.5 Å². The van der Waals surface area contributed by atoms with Crippen molar-refractivity contribution in [1.82, 2.24) is 9.97 Å². The van der Waals surface area contributed by atoms with E-state index in [0.29, 0.717) is 10.8 Å². The van der Waals surface area contributed by atoms with Gasteiger partial charge in [0.2, 0.25) is 0 Å². The second kappa shape index (κ2) is 9.28. The topological polar surface area (TPSA) is 68.3 Å². The predicted molar refractivity (Wildman–Crippen MR) is 113 cm³/mol. The zero-order valence-corrected chi connectivity index (χ0v) is 16.9. The smallest absolute Gasteiger partial charge is 0.160 e. The molecular weight excluding hydrogens is 376 g/mol. The third kappa shape index (κ3) is 5.04. The molecule has 0 atom stereocenters. The number of nitrogens with zero attached hydrogens (tertiary/aromatic N) is 2. The number of aryl methyl sites for hydroxylation is 1. The van der Waals surface area contributed by atoms with Crippen LogP contribution in [0.3, 0.4) is 0 Å². The van der Waals surface area contributed by atoms with E-state index in [9.17, 15) is 0 Å². The van der Waals surface area contributed by atoms with Crippen LogP contribution in [0.15, 0.2) is 48.8 Å². The molecule has 28 heavy (non-hydrogen) atoms. The summed E-state index contributed by atoms with van der Waals surface area (Å²) in [5.41, 5.74) is 3.15. The lowest BCUT2D eigenvalue weighted by molar-refractivity contribution is 0.354. The maximum absolute atomic E-state index is 6.08. The van der Waals surface area contributed by atoms with Crippen LogP contribution in [0.25, 0.3) is 0 Å². The average Bonchev–Trinajstić information content (AvgIpc) is 2.71. The minimum absolute atomic E-state index is 0.676. The van der Waals surface area contributed by atoms with Gasteiger partial charge in [-0.15, -0.1) is 0 Å². The highest BCUT2D eigenvalue weighted by atomic mass is 35.5. The molecule has 0 spiro atoms. The van der Waals surface area contributed by atoms with Crippen molar-refractivity contribution in [3.8, 4) is 11.5 Å². The fourth-order valence-corrected chi connectivity index (χ4v) is 2.93. The highest BCUT2D eigenvalue weighted by Gasteiger charge is 2.06. The minimum atomic E-state index is 0.676. The van der Waals surface area contributed by atoms with E-state index < -0.39 is 0 Å². The molecule has 0 amide bonds. The molecule has 0 bridgehead atoms. The molecule has 0 aliphatic carbocycles. The minimum Gasteiger partial charge on any atom is -0.493 e. The molecule has 2 aromatic carbocycles. The predicted octanol–water partition coefficient (Wildman–Crippen LogP) is 4.85. The van der Waals surface area contributed by atoms with Crippen LogP contribution in [0.1, 0.15) is 11.1 Å². The summed E-state index contributed by atoms with van der Waals surface area (Å²) in [7, 11) is 3.27. The second-order valence-corrected chi connectivity index (χ2v) is 6.68. The van der Waals surface area contributed by atoms with E-state index >= 15 is 0 Å². The zero-order chi connectivity index (χ0) is 19.9. The Balaban J connectivity index is 1.61. The summed E-state index contributed by atoms with van der Waals surface area (Å²) in [6, 6.07) is 13.5. The van der Waals surface area contributed by atoms with Gasteiger partial charge in [-0.3, -0.25) is 0 Å². The molecule has 0 aliphatic rings. The standard InChI is InChI=1S/C21H23ClN4O2/c1-14-4-6-16(22)11-17(14)26-21-12-20(24-13-25-21)23-9-8-15-5-7-18(27-2)19(10-15)28-3/h4-7,10-13H,8-9H2,1-3H3,(H2,23,24,25,26). The molecule has 0 radical (unpaired) electrons. The lowest BCUT2D eigenvalue weighted by Crippen LogP contribution is -2.07. The van der Waals surface area contributed by atoms with Crippen molar-refractivity contribution in [2.24, 2.45) is 0 Å². The monoisotopic (exact) mass is 398 g/mol. The van der Waals surface area contributed by atoms with Crippen LogP contribution >= 0.6 is 11.6 Å². The number of nitrogens with one attached hydrogen (secondary N) is 2. The van der Waals surface area contributed by atoms with Crippen molar-refractivity contribution in [2.45, 2.75) is 13.3 Å². The molecule has 6 nitrogen and oxygen atoms in total. The number of rotatable bonds is 8. The summed E-state index contributed by atoms with van der Waals surface area (Å²) in [4.78, 5) is 8.56. The first-order chi connectivity index (χ1) is 13.6. The quantitative estimate of drug-likeness (QED) is 0.565. The first-order valence-electron chi connectivity index (χ1n) is 8.89. The molecule has 2 N–H and O–H groups in total. The molecule has 146 valence electrons. The van der Waals surface area contributed by atoms with Crippen molar-refractivity contribution in [2.75, 3.05) is 31.4 Å². The highest BCUT2D eigenvalue weighted by Crippen LogP contribution is 2.28. The van der Waals surface area contributed by atoms with Crippen LogP contribution < -0.4 is 20.1 Å². The van der Waals surface area contributed by atoms with Gasteiger partial charge in [0.1, 0.15) is 18.0 Å². The van der Waals surface area contributed by atoms with Gasteiger partial charge in [-0.2, -0.15) is 0 Å². The molecule has 0 saturated carbocycles. The van der Waals surface area contributed by atoms with E-state index in [-0.39, 0.29) is 0 Å². The Morgan fingerprint density at radius 2 is 1.71 bits per heavy atom. The second-order valence-electron chi connectivity index (χ2n) is 6.24. The van der Waals surface area contributed by atoms with Crippen LogP contribution in [0.4, 0.5) is 17.3 Å². The Labute approximate surface area is 169 Å². The third-order valence-electron chi connectivity index (χ3n) is 4.30. The Morgan fingerprint density at radius 1 is 0.929 bits per heavy atom. The Bertz CT molecular complexity index is 949. The first-order valence-corrected chi connectivity index (χ1v) is 9.27. The number of benzene rings is 2. The number of ether oxygens (including phenoxy) is 2. The summed E-state index contributed by atoms with van der Waals surface area (Å²) in [5.74, 6) is 2.90. The van der Waals surface area contributed by atoms with Crippen molar-refractivity contribution >= 4 is 28.9 Å². The van der Waals surface area contributed by atoms with Crippen LogP contribution in [0.2, 0.25) is 5.02 Å². The Hall–Kier alpha value is -2.99. The summed E-state index contributed by atoms with van der Waals surface area (Å²) in [6.45, 7) is 2.74. The number of hydrogen-bond acceptors (Lipinski definition) is 6. The van der Waals surface area contributed by atoms with E-state index in [2.05, 4.69) is 20.6 Å². The lowest BCUT2D eigenvalue weighted by Gasteiger charge is -2.12. The molecule has 1 aromatic heterocycles. The third-order valence-corrected chi connectivity index (χ3v) is 4.53. The largest absolute Gasteiger partial charge is 0.493 e. The molecule has 0 unspecified atom stereocenters. The van der Waals surface area contributed by atoms with E-state index in [1.54, 1.807) is 14.2 Å². The molecule has 3 aromatic rings. The highest BCUT2D eigenvalue weighted by molar-refractivity contribution is 6.30. The number of halogens is 1. The maximum Gasteiger partial charge on any atom is 0.160 e. The van der Waals surface area contributed by atoms with Gasteiger partial charge in [-0.1, -0.05) is 23.7 Å². The molecule has 0 aliphatic heterocycles. The lowest BCUT2D eigenvalue weighted by atomic mass is 10.1. The molecule has 0 saturated heterocycles.